The van der Waals surface area contributed by atoms with Gasteiger partial charge in [0.1, 0.15) is 5.82 Å². The average Bonchev–Trinajstić information content (AvgIpc) is 2.46. The van der Waals surface area contributed by atoms with Crippen molar-refractivity contribution in [1.82, 2.24) is 15.2 Å². The van der Waals surface area contributed by atoms with Crippen LogP contribution >= 0.6 is 0 Å². The molecule has 1 N–H and O–H groups in total. The summed E-state index contributed by atoms with van der Waals surface area (Å²) in [7, 11) is 0. The Morgan fingerprint density at radius 2 is 2.38 bits per heavy atom. The Morgan fingerprint density at radius 1 is 1.62 bits per heavy atom. The number of halogens is 1. The predicted octanol–water partition coefficient (Wildman–Crippen LogP) is 2.13. The number of hydrogen-bond acceptors (Lipinski definition) is 2. The minimum atomic E-state index is -0.364. The quantitative estimate of drug-likeness (QED) is 0.724. The smallest absolute Gasteiger partial charge is 0.181 e. The highest BCUT2D eigenvalue weighted by Gasteiger charge is 2.07. The highest BCUT2D eigenvalue weighted by molar-refractivity contribution is 5.86. The number of nitrogens with one attached hydrogen (secondary N) is 1. The Kier molecular flexibility index (Phi) is 1.62. The lowest BCUT2D eigenvalue weighted by atomic mass is 10.2. The first kappa shape index (κ1) is 7.91. The standard InChI is InChI=1S/C9H8FN3/c1-5(2)8-7-3-6(10)4-11-9(7)13-12-8/h3-4H,1H2,2H3,(H,11,12,13). The van der Waals surface area contributed by atoms with Crippen LogP contribution in [0.15, 0.2) is 18.8 Å². The van der Waals surface area contributed by atoms with Crippen molar-refractivity contribution in [3.8, 4) is 0 Å². The van der Waals surface area contributed by atoms with Gasteiger partial charge in [-0.05, 0) is 18.6 Å². The fraction of sp³-hybridized carbons (Fsp3) is 0.111. The molecule has 2 rings (SSSR count). The largest absolute Gasteiger partial charge is 0.275 e. The van der Waals surface area contributed by atoms with E-state index in [1.807, 2.05) is 6.92 Å². The van der Waals surface area contributed by atoms with Gasteiger partial charge in [0, 0.05) is 5.39 Å². The second-order valence-corrected chi connectivity index (χ2v) is 2.90. The van der Waals surface area contributed by atoms with Crippen LogP contribution in [-0.4, -0.2) is 15.2 Å². The first-order valence-corrected chi connectivity index (χ1v) is 3.84. The Balaban J connectivity index is 2.79. The average molecular weight is 177 g/mol. The summed E-state index contributed by atoms with van der Waals surface area (Å²) in [5.74, 6) is -0.364. The number of nitrogens with zero attached hydrogens (tertiary/aromatic N) is 2. The zero-order valence-electron chi connectivity index (χ0n) is 7.13. The SMILES string of the molecule is C=C(C)c1[nH]nc2ncc(F)cc12. The van der Waals surface area contributed by atoms with Crippen molar-refractivity contribution in [1.29, 1.82) is 0 Å². The molecule has 0 radical (unpaired) electrons. The predicted molar refractivity (Wildman–Crippen MR) is 48.6 cm³/mol. The minimum Gasteiger partial charge on any atom is -0.275 e. The number of aromatic amines is 1. The third-order valence-corrected chi connectivity index (χ3v) is 1.80. The maximum absolute atomic E-state index is 12.8. The first-order chi connectivity index (χ1) is 6.18. The molecule has 0 aliphatic heterocycles. The van der Waals surface area contributed by atoms with E-state index in [0.717, 1.165) is 17.5 Å². The summed E-state index contributed by atoms with van der Waals surface area (Å²) in [5.41, 5.74) is 2.07. The highest BCUT2D eigenvalue weighted by atomic mass is 19.1. The fourth-order valence-electron chi connectivity index (χ4n) is 1.20. The van der Waals surface area contributed by atoms with E-state index >= 15 is 0 Å². The lowest BCUT2D eigenvalue weighted by Crippen LogP contribution is -1.81. The number of pyridine rings is 1. The summed E-state index contributed by atoms with van der Waals surface area (Å²) in [4.78, 5) is 3.83. The molecule has 0 fully saturated rings. The maximum atomic E-state index is 12.8. The molecule has 66 valence electrons. The van der Waals surface area contributed by atoms with Gasteiger partial charge < -0.3 is 0 Å². The molecule has 0 unspecified atom stereocenters. The molecule has 0 aliphatic carbocycles. The van der Waals surface area contributed by atoms with E-state index in [4.69, 9.17) is 0 Å². The van der Waals surface area contributed by atoms with E-state index in [1.165, 1.54) is 6.07 Å². The summed E-state index contributed by atoms with van der Waals surface area (Å²) in [6.45, 7) is 5.59. The second-order valence-electron chi connectivity index (χ2n) is 2.90. The molecule has 0 bridgehead atoms. The number of hydrogen-bond donors (Lipinski definition) is 1. The van der Waals surface area contributed by atoms with Crippen LogP contribution in [0.5, 0.6) is 0 Å². The van der Waals surface area contributed by atoms with Crippen LogP contribution < -0.4 is 0 Å². The molecule has 0 amide bonds. The number of aromatic nitrogens is 3. The molecule has 4 heteroatoms. The second kappa shape index (κ2) is 2.65. The monoisotopic (exact) mass is 177 g/mol. The molecular weight excluding hydrogens is 169 g/mol. The summed E-state index contributed by atoms with van der Waals surface area (Å²) in [6, 6.07) is 1.40. The third-order valence-electron chi connectivity index (χ3n) is 1.80. The molecule has 0 saturated carbocycles. The number of fused-ring (bicyclic) bond motifs is 1. The van der Waals surface area contributed by atoms with E-state index in [1.54, 1.807) is 0 Å². The van der Waals surface area contributed by atoms with Crippen molar-refractivity contribution in [2.75, 3.05) is 0 Å². The van der Waals surface area contributed by atoms with Gasteiger partial charge in [-0.3, -0.25) is 5.10 Å². The summed E-state index contributed by atoms with van der Waals surface area (Å²) < 4.78 is 12.8. The van der Waals surface area contributed by atoms with Crippen molar-refractivity contribution in [3.05, 3.63) is 30.4 Å². The van der Waals surface area contributed by atoms with Crippen molar-refractivity contribution in [2.45, 2.75) is 6.92 Å². The van der Waals surface area contributed by atoms with E-state index < -0.39 is 0 Å². The molecule has 0 aromatic carbocycles. The van der Waals surface area contributed by atoms with Crippen molar-refractivity contribution >= 4 is 16.6 Å². The zero-order chi connectivity index (χ0) is 9.42. The van der Waals surface area contributed by atoms with Crippen LogP contribution in [-0.2, 0) is 0 Å². The molecule has 0 saturated heterocycles. The van der Waals surface area contributed by atoms with E-state index in [2.05, 4.69) is 21.8 Å². The van der Waals surface area contributed by atoms with Gasteiger partial charge in [-0.15, -0.1) is 0 Å². The normalized spacial score (nSPS) is 10.6. The molecular formula is C9H8FN3. The molecule has 0 aliphatic rings. The van der Waals surface area contributed by atoms with Gasteiger partial charge in [0.05, 0.1) is 11.9 Å². The van der Waals surface area contributed by atoms with Crippen LogP contribution in [0.25, 0.3) is 16.6 Å². The maximum Gasteiger partial charge on any atom is 0.181 e. The Morgan fingerprint density at radius 3 is 3.08 bits per heavy atom. The van der Waals surface area contributed by atoms with E-state index in [0.29, 0.717) is 11.0 Å². The number of H-pyrrole nitrogens is 1. The van der Waals surface area contributed by atoms with Crippen molar-refractivity contribution < 1.29 is 4.39 Å². The molecule has 2 aromatic rings. The topological polar surface area (TPSA) is 41.6 Å². The highest BCUT2D eigenvalue weighted by Crippen LogP contribution is 2.19. The van der Waals surface area contributed by atoms with Crippen LogP contribution in [0, 0.1) is 5.82 Å². The van der Waals surface area contributed by atoms with Gasteiger partial charge in [0.25, 0.3) is 0 Å². The lowest BCUT2D eigenvalue weighted by molar-refractivity contribution is 0.624. The van der Waals surface area contributed by atoms with Gasteiger partial charge in [-0.1, -0.05) is 6.58 Å². The zero-order valence-corrected chi connectivity index (χ0v) is 7.13. The summed E-state index contributed by atoms with van der Waals surface area (Å²) >= 11 is 0. The van der Waals surface area contributed by atoms with Crippen molar-refractivity contribution in [2.24, 2.45) is 0 Å². The van der Waals surface area contributed by atoms with Crippen LogP contribution in [0.2, 0.25) is 0 Å². The molecule has 3 nitrogen and oxygen atoms in total. The summed E-state index contributed by atoms with van der Waals surface area (Å²) in [5, 5.41) is 7.35. The van der Waals surface area contributed by atoms with E-state index in [-0.39, 0.29) is 5.82 Å². The van der Waals surface area contributed by atoms with Crippen LogP contribution in [0.1, 0.15) is 12.6 Å². The van der Waals surface area contributed by atoms with Gasteiger partial charge in [-0.2, -0.15) is 5.10 Å². The molecule has 13 heavy (non-hydrogen) atoms. The van der Waals surface area contributed by atoms with Crippen LogP contribution in [0.3, 0.4) is 0 Å². The first-order valence-electron chi connectivity index (χ1n) is 3.84. The lowest BCUT2D eigenvalue weighted by Gasteiger charge is -1.93. The molecule has 2 aromatic heterocycles. The van der Waals surface area contributed by atoms with Gasteiger partial charge in [-0.25, -0.2) is 9.37 Å². The van der Waals surface area contributed by atoms with Gasteiger partial charge in [0.2, 0.25) is 0 Å². The summed E-state index contributed by atoms with van der Waals surface area (Å²) in [6.07, 6.45) is 1.14. The third kappa shape index (κ3) is 1.20. The Bertz CT molecular complexity index is 473. The molecule has 0 spiro atoms. The van der Waals surface area contributed by atoms with Crippen LogP contribution in [0.4, 0.5) is 4.39 Å². The Labute approximate surface area is 74.3 Å². The van der Waals surface area contributed by atoms with Gasteiger partial charge >= 0.3 is 0 Å². The Hall–Kier alpha value is -1.71. The number of allylic oxidation sites excluding steroid dienone is 1. The number of rotatable bonds is 1. The van der Waals surface area contributed by atoms with E-state index in [9.17, 15) is 4.39 Å². The van der Waals surface area contributed by atoms with Gasteiger partial charge in [0.15, 0.2) is 5.65 Å². The van der Waals surface area contributed by atoms with Crippen molar-refractivity contribution in [3.63, 3.8) is 0 Å². The molecule has 2 heterocycles. The minimum absolute atomic E-state index is 0.364. The molecule has 0 atom stereocenters. The fourth-order valence-corrected chi connectivity index (χ4v) is 1.20.